The summed E-state index contributed by atoms with van der Waals surface area (Å²) in [6.45, 7) is 4.87. The van der Waals surface area contributed by atoms with Crippen LogP contribution in [0.1, 0.15) is 19.7 Å². The molecule has 0 aliphatic rings. The van der Waals surface area contributed by atoms with E-state index in [-0.39, 0.29) is 24.9 Å². The average molecular weight is 294 g/mol. The van der Waals surface area contributed by atoms with E-state index in [1.54, 1.807) is 0 Å². The largest absolute Gasteiger partial charge is 0.475 e. The first-order valence-corrected chi connectivity index (χ1v) is 5.96. The van der Waals surface area contributed by atoms with Crippen molar-refractivity contribution in [1.82, 2.24) is 9.97 Å². The number of ether oxygens (including phenoxy) is 2. The highest BCUT2D eigenvalue weighted by molar-refractivity contribution is 5.37. The van der Waals surface area contributed by atoms with Crippen LogP contribution in [0.15, 0.2) is 6.07 Å². The molecule has 0 spiro atoms. The van der Waals surface area contributed by atoms with Crippen molar-refractivity contribution in [3.8, 4) is 5.88 Å². The predicted octanol–water partition coefficient (Wildman–Crippen LogP) is 1.83. The number of nitrogens with zero attached hydrogens (tertiary/aromatic N) is 2. The van der Waals surface area contributed by atoms with Crippen molar-refractivity contribution in [3.05, 3.63) is 11.9 Å². The lowest BCUT2D eigenvalue weighted by Gasteiger charge is -2.11. The van der Waals surface area contributed by atoms with E-state index in [0.717, 1.165) is 0 Å². The van der Waals surface area contributed by atoms with Gasteiger partial charge >= 0.3 is 6.18 Å². The molecule has 114 valence electrons. The highest BCUT2D eigenvalue weighted by Gasteiger charge is 2.35. The summed E-state index contributed by atoms with van der Waals surface area (Å²) in [5, 5.41) is 0. The molecule has 1 rings (SSSR count). The van der Waals surface area contributed by atoms with Crippen LogP contribution in [0.2, 0.25) is 0 Å². The van der Waals surface area contributed by atoms with E-state index in [2.05, 4.69) is 9.97 Å². The fourth-order valence-electron chi connectivity index (χ4n) is 1.22. The van der Waals surface area contributed by atoms with Crippen LogP contribution in [0.3, 0.4) is 0 Å². The first-order chi connectivity index (χ1) is 9.32. The molecule has 20 heavy (non-hydrogen) atoms. The molecule has 1 aromatic heterocycles. The van der Waals surface area contributed by atoms with Crippen molar-refractivity contribution in [2.45, 2.75) is 20.0 Å². The Labute approximate surface area is 114 Å². The van der Waals surface area contributed by atoms with Gasteiger partial charge in [0.05, 0.1) is 6.61 Å². The molecule has 0 unspecified atom stereocenters. The quantitative estimate of drug-likeness (QED) is 0.453. The minimum atomic E-state index is -4.67. The number of halogens is 3. The average Bonchev–Trinajstić information content (AvgIpc) is 2.36. The van der Waals surface area contributed by atoms with Gasteiger partial charge in [0.15, 0.2) is 0 Å². The Morgan fingerprint density at radius 1 is 1.30 bits per heavy atom. The van der Waals surface area contributed by atoms with E-state index in [1.807, 2.05) is 19.3 Å². The molecule has 0 saturated carbocycles. The molecule has 3 N–H and O–H groups in total. The number of aromatic nitrogens is 2. The molecule has 0 bridgehead atoms. The third-order valence-corrected chi connectivity index (χ3v) is 2.03. The zero-order valence-electron chi connectivity index (χ0n) is 11.2. The zero-order valence-corrected chi connectivity index (χ0v) is 11.2. The van der Waals surface area contributed by atoms with E-state index in [9.17, 15) is 13.2 Å². The van der Waals surface area contributed by atoms with E-state index < -0.39 is 12.0 Å². The van der Waals surface area contributed by atoms with Crippen LogP contribution in [0, 0.1) is 5.92 Å². The third-order valence-electron chi connectivity index (χ3n) is 2.03. The van der Waals surface area contributed by atoms with Crippen molar-refractivity contribution in [2.24, 2.45) is 11.8 Å². The molecular formula is C11H17F3N4O2. The Hall–Kier alpha value is -1.61. The fourth-order valence-corrected chi connectivity index (χ4v) is 1.22. The maximum absolute atomic E-state index is 12.5. The molecule has 0 atom stereocenters. The van der Waals surface area contributed by atoms with Crippen LogP contribution < -0.4 is 16.0 Å². The van der Waals surface area contributed by atoms with Crippen molar-refractivity contribution < 1.29 is 22.6 Å². The standard InChI is InChI=1S/C11H17F3N4O2/c1-7(2)6-19-3-4-20-9-5-8(18-15)16-10(17-9)11(12,13)14/h5,7H,3-4,6,15H2,1-2H3,(H,16,17,18). The molecule has 1 heterocycles. The minimum Gasteiger partial charge on any atom is -0.475 e. The molecule has 0 saturated heterocycles. The Kier molecular flexibility index (Phi) is 5.96. The lowest BCUT2D eigenvalue weighted by Crippen LogP contribution is -2.17. The summed E-state index contributed by atoms with van der Waals surface area (Å²) < 4.78 is 48.0. The van der Waals surface area contributed by atoms with E-state index >= 15 is 0 Å². The summed E-state index contributed by atoms with van der Waals surface area (Å²) in [6, 6.07) is 1.18. The van der Waals surface area contributed by atoms with E-state index in [0.29, 0.717) is 12.5 Å². The summed E-state index contributed by atoms with van der Waals surface area (Å²) in [4.78, 5) is 6.48. The fraction of sp³-hybridized carbons (Fsp3) is 0.636. The van der Waals surface area contributed by atoms with Crippen molar-refractivity contribution in [3.63, 3.8) is 0 Å². The Bertz CT molecular complexity index is 427. The molecule has 0 amide bonds. The maximum atomic E-state index is 12.5. The smallest absolute Gasteiger partial charge is 0.451 e. The number of anilines is 1. The van der Waals surface area contributed by atoms with Gasteiger partial charge in [-0.2, -0.15) is 18.2 Å². The Balaban J connectivity index is 2.61. The minimum absolute atomic E-state index is 0.0883. The lowest BCUT2D eigenvalue weighted by molar-refractivity contribution is -0.145. The SMILES string of the molecule is CC(C)COCCOc1cc(NN)nc(C(F)(F)F)n1. The first-order valence-electron chi connectivity index (χ1n) is 5.96. The summed E-state index contributed by atoms with van der Waals surface area (Å²) in [5.41, 5.74) is 2.03. The molecule has 0 radical (unpaired) electrons. The molecule has 0 aromatic carbocycles. The monoisotopic (exact) mass is 294 g/mol. The number of hydrogen-bond acceptors (Lipinski definition) is 6. The number of hydrazine groups is 1. The van der Waals surface area contributed by atoms with Crippen molar-refractivity contribution >= 4 is 5.82 Å². The molecular weight excluding hydrogens is 277 g/mol. The van der Waals surface area contributed by atoms with Gasteiger partial charge in [-0.3, -0.25) is 0 Å². The van der Waals surface area contributed by atoms with Crippen LogP contribution in [-0.2, 0) is 10.9 Å². The summed E-state index contributed by atoms with van der Waals surface area (Å²) in [7, 11) is 0. The summed E-state index contributed by atoms with van der Waals surface area (Å²) >= 11 is 0. The number of nitrogen functional groups attached to an aromatic ring is 1. The second-order valence-electron chi connectivity index (χ2n) is 4.37. The van der Waals surface area contributed by atoms with Crippen LogP contribution in [0.5, 0.6) is 5.88 Å². The van der Waals surface area contributed by atoms with Crippen LogP contribution in [0.4, 0.5) is 19.0 Å². The zero-order chi connectivity index (χ0) is 15.2. The van der Waals surface area contributed by atoms with Gasteiger partial charge in [0.25, 0.3) is 0 Å². The van der Waals surface area contributed by atoms with Crippen LogP contribution in [-0.4, -0.2) is 29.8 Å². The van der Waals surface area contributed by atoms with Gasteiger partial charge in [-0.15, -0.1) is 0 Å². The summed E-state index contributed by atoms with van der Waals surface area (Å²) in [5.74, 6) is 3.72. The van der Waals surface area contributed by atoms with Crippen LogP contribution in [0.25, 0.3) is 0 Å². The van der Waals surface area contributed by atoms with E-state index in [4.69, 9.17) is 15.3 Å². The first kappa shape index (κ1) is 16.4. The molecule has 1 aromatic rings. The second-order valence-corrected chi connectivity index (χ2v) is 4.37. The van der Waals surface area contributed by atoms with Gasteiger partial charge in [-0.1, -0.05) is 13.8 Å². The molecule has 6 nitrogen and oxygen atoms in total. The van der Waals surface area contributed by atoms with E-state index in [1.165, 1.54) is 6.07 Å². The normalized spacial score (nSPS) is 11.8. The molecule has 9 heteroatoms. The molecule has 0 aliphatic carbocycles. The van der Waals surface area contributed by atoms with Gasteiger partial charge in [0.2, 0.25) is 11.7 Å². The maximum Gasteiger partial charge on any atom is 0.451 e. The van der Waals surface area contributed by atoms with Gasteiger partial charge in [-0.25, -0.2) is 10.8 Å². The molecule has 0 fully saturated rings. The van der Waals surface area contributed by atoms with Gasteiger partial charge < -0.3 is 14.9 Å². The number of hydrogen-bond donors (Lipinski definition) is 2. The van der Waals surface area contributed by atoms with Crippen molar-refractivity contribution in [2.75, 3.05) is 25.2 Å². The van der Waals surface area contributed by atoms with Crippen molar-refractivity contribution in [1.29, 1.82) is 0 Å². The molecule has 0 aliphatic heterocycles. The Morgan fingerprint density at radius 2 is 2.00 bits per heavy atom. The number of nitrogens with two attached hydrogens (primary N) is 1. The number of nitrogens with one attached hydrogen (secondary N) is 1. The highest BCUT2D eigenvalue weighted by atomic mass is 19.4. The number of rotatable bonds is 7. The Morgan fingerprint density at radius 3 is 2.55 bits per heavy atom. The predicted molar refractivity (Wildman–Crippen MR) is 66.0 cm³/mol. The topological polar surface area (TPSA) is 82.3 Å². The van der Waals surface area contributed by atoms with Gasteiger partial charge in [0.1, 0.15) is 12.4 Å². The third kappa shape index (κ3) is 5.57. The highest BCUT2D eigenvalue weighted by Crippen LogP contribution is 2.28. The number of alkyl halides is 3. The lowest BCUT2D eigenvalue weighted by atomic mass is 10.2. The van der Waals surface area contributed by atoms with Gasteiger partial charge in [-0.05, 0) is 5.92 Å². The summed E-state index contributed by atoms with van der Waals surface area (Å²) in [6.07, 6.45) is -4.67. The van der Waals surface area contributed by atoms with Crippen LogP contribution >= 0.6 is 0 Å². The second kappa shape index (κ2) is 7.25. The van der Waals surface area contributed by atoms with Gasteiger partial charge in [0, 0.05) is 12.7 Å².